The highest BCUT2D eigenvalue weighted by atomic mass is 32.2. The van der Waals surface area contributed by atoms with Crippen LogP contribution in [-0.2, 0) is 12.4 Å². The number of rotatable bonds is 4. The van der Waals surface area contributed by atoms with E-state index in [0.717, 1.165) is 42.1 Å². The second kappa shape index (κ2) is 7.62. The van der Waals surface area contributed by atoms with E-state index in [1.807, 2.05) is 0 Å². The lowest BCUT2D eigenvalue weighted by Crippen LogP contribution is -2.13. The number of benzene rings is 2. The highest BCUT2D eigenvalue weighted by Gasteiger charge is 2.37. The van der Waals surface area contributed by atoms with Crippen molar-refractivity contribution in [3.63, 3.8) is 0 Å². The molecule has 3 aromatic rings. The Labute approximate surface area is 165 Å². The summed E-state index contributed by atoms with van der Waals surface area (Å²) in [6.07, 6.45) is -7.89. The number of carbonyl (C=O) groups excluding carboxylic acids is 1. The van der Waals surface area contributed by atoms with E-state index in [1.54, 1.807) is 6.26 Å². The molecule has 1 heterocycles. The van der Waals surface area contributed by atoms with Gasteiger partial charge >= 0.3 is 12.4 Å². The van der Waals surface area contributed by atoms with Gasteiger partial charge in [-0.05, 0) is 18.4 Å². The number of hydrogen-bond donors (Lipinski definition) is 0. The van der Waals surface area contributed by atoms with Crippen molar-refractivity contribution in [2.75, 3.05) is 6.26 Å². The number of thioether (sulfide) groups is 1. The molecule has 0 spiro atoms. The minimum Gasteiger partial charge on any atom is -0.451 e. The molecule has 0 atom stereocenters. The summed E-state index contributed by atoms with van der Waals surface area (Å²) in [5, 5.41) is 0. The van der Waals surface area contributed by atoms with E-state index in [2.05, 4.69) is 0 Å². The van der Waals surface area contributed by atoms with Gasteiger partial charge in [0.2, 0.25) is 5.78 Å². The first-order chi connectivity index (χ1) is 13.5. The maximum atomic E-state index is 13.3. The van der Waals surface area contributed by atoms with E-state index in [-0.39, 0.29) is 16.2 Å². The lowest BCUT2D eigenvalue weighted by molar-refractivity contribution is -0.138. The predicted octanol–water partition coefficient (Wildman–Crippen LogP) is 6.94. The van der Waals surface area contributed by atoms with Crippen molar-refractivity contribution in [3.8, 4) is 11.3 Å². The molecule has 0 N–H and O–H groups in total. The zero-order chi connectivity index (χ0) is 21.4. The van der Waals surface area contributed by atoms with E-state index in [4.69, 9.17) is 4.42 Å². The van der Waals surface area contributed by atoms with Gasteiger partial charge in [0.05, 0.1) is 16.0 Å². The highest BCUT2D eigenvalue weighted by Crippen LogP contribution is 2.42. The molecule has 0 fully saturated rings. The monoisotopic (exact) mass is 430 g/mol. The van der Waals surface area contributed by atoms with Crippen LogP contribution >= 0.6 is 11.8 Å². The molecule has 0 aliphatic heterocycles. The predicted molar refractivity (Wildman–Crippen MR) is 95.8 cm³/mol. The molecule has 3 rings (SSSR count). The second-order valence-electron chi connectivity index (χ2n) is 5.92. The van der Waals surface area contributed by atoms with Crippen molar-refractivity contribution in [3.05, 3.63) is 77.0 Å². The third kappa shape index (κ3) is 4.19. The zero-order valence-electron chi connectivity index (χ0n) is 14.7. The smallest absolute Gasteiger partial charge is 0.417 e. The first-order valence-corrected chi connectivity index (χ1v) is 9.32. The van der Waals surface area contributed by atoms with E-state index >= 15 is 0 Å². The van der Waals surface area contributed by atoms with Crippen LogP contribution < -0.4 is 0 Å². The van der Waals surface area contributed by atoms with Gasteiger partial charge in [-0.1, -0.05) is 36.4 Å². The molecule has 0 unspecified atom stereocenters. The van der Waals surface area contributed by atoms with Crippen molar-refractivity contribution >= 4 is 17.5 Å². The minimum atomic E-state index is -4.77. The molecule has 0 saturated heterocycles. The fourth-order valence-electron chi connectivity index (χ4n) is 2.81. The summed E-state index contributed by atoms with van der Waals surface area (Å²) in [5.74, 6) is -1.76. The molecular weight excluding hydrogens is 418 g/mol. The number of hydrogen-bond acceptors (Lipinski definition) is 3. The summed E-state index contributed by atoms with van der Waals surface area (Å²) in [5.41, 5.74) is -3.06. The maximum absolute atomic E-state index is 13.3. The Morgan fingerprint density at radius 1 is 0.862 bits per heavy atom. The maximum Gasteiger partial charge on any atom is 0.417 e. The third-order valence-corrected chi connectivity index (χ3v) is 4.84. The Morgan fingerprint density at radius 3 is 2.00 bits per heavy atom. The average Bonchev–Trinajstić information content (AvgIpc) is 3.10. The first kappa shape index (κ1) is 21.0. The van der Waals surface area contributed by atoms with Gasteiger partial charge in [-0.2, -0.15) is 26.3 Å². The molecule has 0 amide bonds. The van der Waals surface area contributed by atoms with Crippen LogP contribution in [0.4, 0.5) is 26.3 Å². The van der Waals surface area contributed by atoms with Gasteiger partial charge in [-0.15, -0.1) is 11.8 Å². The molecule has 0 radical (unpaired) electrons. The van der Waals surface area contributed by atoms with Crippen LogP contribution in [-0.4, -0.2) is 12.0 Å². The Hall–Kier alpha value is -2.68. The minimum absolute atomic E-state index is 0.203. The van der Waals surface area contributed by atoms with Crippen molar-refractivity contribution in [2.24, 2.45) is 0 Å². The number of carbonyl (C=O) groups is 1. The molecule has 2 aromatic carbocycles. The van der Waals surface area contributed by atoms with Crippen LogP contribution in [0, 0.1) is 0 Å². The Morgan fingerprint density at radius 2 is 1.41 bits per heavy atom. The molecule has 29 heavy (non-hydrogen) atoms. The lowest BCUT2D eigenvalue weighted by Gasteiger charge is -2.12. The summed E-state index contributed by atoms with van der Waals surface area (Å²) in [6, 6.07) is 9.93. The summed E-state index contributed by atoms with van der Waals surface area (Å²) in [4.78, 5) is 12.9. The SMILES string of the molecule is CSc1cc(C(=O)c2ccccc2C(F)(F)F)oc1-c1ccccc1C(F)(F)F. The van der Waals surface area contributed by atoms with E-state index < -0.39 is 40.6 Å². The van der Waals surface area contributed by atoms with Gasteiger partial charge in [-0.25, -0.2) is 0 Å². The van der Waals surface area contributed by atoms with Gasteiger partial charge in [0.1, 0.15) is 5.76 Å². The summed E-state index contributed by atoms with van der Waals surface area (Å²) in [7, 11) is 0. The molecule has 0 saturated carbocycles. The van der Waals surface area contributed by atoms with Crippen LogP contribution in [0.2, 0.25) is 0 Å². The molecule has 0 aliphatic carbocycles. The van der Waals surface area contributed by atoms with Crippen LogP contribution in [0.1, 0.15) is 27.2 Å². The molecule has 2 nitrogen and oxygen atoms in total. The van der Waals surface area contributed by atoms with Crippen molar-refractivity contribution in [1.82, 2.24) is 0 Å². The van der Waals surface area contributed by atoms with E-state index in [0.29, 0.717) is 0 Å². The Bertz CT molecular complexity index is 1050. The summed E-state index contributed by atoms with van der Waals surface area (Å²) in [6.45, 7) is 0. The first-order valence-electron chi connectivity index (χ1n) is 8.09. The van der Waals surface area contributed by atoms with Gasteiger partial charge in [0.15, 0.2) is 5.76 Å². The number of halogens is 6. The topological polar surface area (TPSA) is 30.2 Å². The fraction of sp³-hybridized carbons (Fsp3) is 0.150. The van der Waals surface area contributed by atoms with E-state index in [1.165, 1.54) is 24.3 Å². The van der Waals surface area contributed by atoms with Gasteiger partial charge in [0, 0.05) is 17.2 Å². The van der Waals surface area contributed by atoms with Gasteiger partial charge < -0.3 is 4.42 Å². The van der Waals surface area contributed by atoms with Crippen LogP contribution in [0.3, 0.4) is 0 Å². The highest BCUT2D eigenvalue weighted by molar-refractivity contribution is 7.98. The largest absolute Gasteiger partial charge is 0.451 e. The standard InChI is InChI=1S/C20H12F6O2S/c1-29-16-10-15(17(27)11-6-2-4-8-13(11)19(21,22)23)28-18(16)12-7-3-5-9-14(12)20(24,25)26/h2-10H,1H3. The summed E-state index contributed by atoms with van der Waals surface area (Å²) < 4.78 is 85.0. The van der Waals surface area contributed by atoms with Crippen LogP contribution in [0.15, 0.2) is 63.9 Å². The fourth-order valence-corrected chi connectivity index (χ4v) is 3.38. The Balaban J connectivity index is 2.14. The second-order valence-corrected chi connectivity index (χ2v) is 6.77. The molecule has 152 valence electrons. The molecule has 9 heteroatoms. The van der Waals surface area contributed by atoms with Crippen molar-refractivity contribution in [2.45, 2.75) is 17.2 Å². The van der Waals surface area contributed by atoms with Crippen molar-refractivity contribution < 1.29 is 35.6 Å². The number of furan rings is 1. The van der Waals surface area contributed by atoms with Crippen LogP contribution in [0.25, 0.3) is 11.3 Å². The normalized spacial score (nSPS) is 12.2. The zero-order valence-corrected chi connectivity index (χ0v) is 15.5. The van der Waals surface area contributed by atoms with E-state index in [9.17, 15) is 31.1 Å². The third-order valence-electron chi connectivity index (χ3n) is 4.10. The molecular formula is C20H12F6O2S. The average molecular weight is 430 g/mol. The number of ketones is 1. The van der Waals surface area contributed by atoms with Gasteiger partial charge in [0.25, 0.3) is 0 Å². The Kier molecular flexibility index (Phi) is 5.53. The molecule has 1 aromatic heterocycles. The lowest BCUT2D eigenvalue weighted by atomic mass is 10.0. The summed E-state index contributed by atoms with van der Waals surface area (Å²) >= 11 is 1.02. The molecule has 0 bridgehead atoms. The van der Waals surface area contributed by atoms with Crippen LogP contribution in [0.5, 0.6) is 0 Å². The van der Waals surface area contributed by atoms with Gasteiger partial charge in [-0.3, -0.25) is 4.79 Å². The quantitative estimate of drug-likeness (QED) is 0.255. The molecule has 0 aliphatic rings. The number of alkyl halides is 6. The van der Waals surface area contributed by atoms with Crippen molar-refractivity contribution in [1.29, 1.82) is 0 Å².